The van der Waals surface area contributed by atoms with Crippen LogP contribution in [0.25, 0.3) is 0 Å². The molecule has 1 heterocycles. The van der Waals surface area contributed by atoms with Gasteiger partial charge in [-0.25, -0.2) is 0 Å². The van der Waals surface area contributed by atoms with Crippen molar-refractivity contribution in [2.75, 3.05) is 0 Å². The third-order valence-electron chi connectivity index (χ3n) is 4.40. The lowest BCUT2D eigenvalue weighted by Gasteiger charge is -2.25. The molecule has 1 amide bonds. The van der Waals surface area contributed by atoms with Gasteiger partial charge in [0, 0.05) is 11.1 Å². The second kappa shape index (κ2) is 7.56. The van der Waals surface area contributed by atoms with Crippen LogP contribution in [0.4, 0.5) is 0 Å². The summed E-state index contributed by atoms with van der Waals surface area (Å²) >= 11 is 1.13. The molecule has 2 aromatic rings. The van der Waals surface area contributed by atoms with Gasteiger partial charge >= 0.3 is 4.87 Å². The van der Waals surface area contributed by atoms with Gasteiger partial charge in [-0.3, -0.25) is 14.2 Å². The molecule has 1 atom stereocenters. The van der Waals surface area contributed by atoms with Crippen molar-refractivity contribution in [1.29, 1.82) is 0 Å². The maximum Gasteiger partial charge on any atom is 0.307 e. The van der Waals surface area contributed by atoms with Gasteiger partial charge in [0.05, 0.1) is 6.04 Å². The SMILES string of the molecule is Cc1csc(=O)n1CC(=O)NC(c1ccc(C(C)(C)C)cc1)C(C)C. The quantitative estimate of drug-likeness (QED) is 0.875. The summed E-state index contributed by atoms with van der Waals surface area (Å²) in [5.74, 6) is 0.118. The Labute approximate surface area is 153 Å². The average molecular weight is 361 g/mol. The molecule has 1 aromatic carbocycles. The number of carbonyl (C=O) groups is 1. The van der Waals surface area contributed by atoms with Crippen molar-refractivity contribution in [2.45, 2.75) is 59.5 Å². The number of nitrogens with zero attached hydrogens (tertiary/aromatic N) is 1. The van der Waals surface area contributed by atoms with E-state index >= 15 is 0 Å². The third kappa shape index (κ3) is 4.82. The molecule has 0 saturated carbocycles. The van der Waals surface area contributed by atoms with E-state index in [1.54, 1.807) is 5.38 Å². The molecular weight excluding hydrogens is 332 g/mol. The van der Waals surface area contributed by atoms with Crippen molar-refractivity contribution in [3.63, 3.8) is 0 Å². The number of rotatable bonds is 5. The van der Waals surface area contributed by atoms with Crippen molar-refractivity contribution in [3.8, 4) is 0 Å². The first-order valence-electron chi connectivity index (χ1n) is 8.64. The first-order valence-corrected chi connectivity index (χ1v) is 9.52. The number of aryl methyl sites for hydroxylation is 1. The minimum absolute atomic E-state index is 0.0669. The Morgan fingerprint density at radius 1 is 1.20 bits per heavy atom. The second-order valence-corrected chi connectivity index (χ2v) is 8.71. The number of amides is 1. The Morgan fingerprint density at radius 2 is 1.80 bits per heavy atom. The number of nitrogens with one attached hydrogen (secondary N) is 1. The van der Waals surface area contributed by atoms with Crippen LogP contribution in [0.3, 0.4) is 0 Å². The summed E-state index contributed by atoms with van der Waals surface area (Å²) in [4.78, 5) is 24.2. The molecular formula is C20H28N2O2S. The van der Waals surface area contributed by atoms with Crippen molar-refractivity contribution in [3.05, 3.63) is 56.1 Å². The number of benzene rings is 1. The number of hydrogen-bond acceptors (Lipinski definition) is 3. The van der Waals surface area contributed by atoms with Gasteiger partial charge < -0.3 is 5.32 Å². The molecule has 0 aliphatic rings. The van der Waals surface area contributed by atoms with Crippen LogP contribution in [-0.4, -0.2) is 10.5 Å². The maximum atomic E-state index is 12.5. The predicted octanol–water partition coefficient (Wildman–Crippen LogP) is 4.03. The van der Waals surface area contributed by atoms with Crippen LogP contribution < -0.4 is 10.2 Å². The van der Waals surface area contributed by atoms with Gasteiger partial charge in [-0.2, -0.15) is 0 Å². The van der Waals surface area contributed by atoms with Crippen LogP contribution in [0.1, 0.15) is 57.5 Å². The molecule has 25 heavy (non-hydrogen) atoms. The van der Waals surface area contributed by atoms with Gasteiger partial charge in [0.1, 0.15) is 6.54 Å². The van der Waals surface area contributed by atoms with E-state index in [2.05, 4.69) is 64.2 Å². The zero-order chi connectivity index (χ0) is 18.8. The minimum Gasteiger partial charge on any atom is -0.347 e. The summed E-state index contributed by atoms with van der Waals surface area (Å²) in [5, 5.41) is 4.87. The zero-order valence-corrected chi connectivity index (χ0v) is 16.7. The summed E-state index contributed by atoms with van der Waals surface area (Å²) in [6.07, 6.45) is 0. The van der Waals surface area contributed by atoms with Gasteiger partial charge in [0.25, 0.3) is 0 Å². The fourth-order valence-corrected chi connectivity index (χ4v) is 3.52. The normalized spacial score (nSPS) is 13.1. The molecule has 4 nitrogen and oxygen atoms in total. The van der Waals surface area contributed by atoms with Crippen LogP contribution in [0.5, 0.6) is 0 Å². The Hall–Kier alpha value is -1.88. The fourth-order valence-electron chi connectivity index (χ4n) is 2.78. The highest BCUT2D eigenvalue weighted by molar-refractivity contribution is 7.07. The number of aromatic nitrogens is 1. The number of thiazole rings is 1. The molecule has 0 bridgehead atoms. The summed E-state index contributed by atoms with van der Waals surface area (Å²) in [5.41, 5.74) is 3.28. The lowest BCUT2D eigenvalue weighted by Crippen LogP contribution is -2.36. The molecule has 0 aliphatic heterocycles. The molecule has 1 unspecified atom stereocenters. The molecule has 0 aliphatic carbocycles. The highest BCUT2D eigenvalue weighted by atomic mass is 32.1. The smallest absolute Gasteiger partial charge is 0.307 e. The van der Waals surface area contributed by atoms with E-state index < -0.39 is 0 Å². The summed E-state index contributed by atoms with van der Waals surface area (Å²) < 4.78 is 1.51. The molecule has 0 spiro atoms. The van der Waals surface area contributed by atoms with Gasteiger partial charge in [0.2, 0.25) is 5.91 Å². The van der Waals surface area contributed by atoms with Gasteiger partial charge in [-0.05, 0) is 29.4 Å². The molecule has 0 fully saturated rings. The van der Waals surface area contributed by atoms with Crippen molar-refractivity contribution in [1.82, 2.24) is 9.88 Å². The lowest BCUT2D eigenvalue weighted by molar-refractivity contribution is -0.122. The van der Waals surface area contributed by atoms with E-state index in [0.29, 0.717) is 0 Å². The van der Waals surface area contributed by atoms with Crippen molar-refractivity contribution in [2.24, 2.45) is 5.92 Å². The van der Waals surface area contributed by atoms with E-state index in [4.69, 9.17) is 0 Å². The molecule has 0 saturated heterocycles. The van der Waals surface area contributed by atoms with Crippen molar-refractivity contribution >= 4 is 17.2 Å². The molecule has 0 radical (unpaired) electrons. The van der Waals surface area contributed by atoms with Crippen LogP contribution in [-0.2, 0) is 16.8 Å². The van der Waals surface area contributed by atoms with E-state index in [0.717, 1.165) is 22.6 Å². The Kier molecular flexibility index (Phi) is 5.88. The average Bonchev–Trinajstić information content (AvgIpc) is 2.83. The maximum absolute atomic E-state index is 12.5. The molecule has 136 valence electrons. The fraction of sp³-hybridized carbons (Fsp3) is 0.500. The van der Waals surface area contributed by atoms with Gasteiger partial charge in [0.15, 0.2) is 0 Å². The van der Waals surface area contributed by atoms with Gasteiger partial charge in [-0.1, -0.05) is 70.2 Å². The first kappa shape index (κ1) is 19.4. The first-order chi connectivity index (χ1) is 11.6. The topological polar surface area (TPSA) is 51.1 Å². The Balaban J connectivity index is 2.16. The molecule has 5 heteroatoms. The molecule has 1 aromatic heterocycles. The van der Waals surface area contributed by atoms with E-state index in [-0.39, 0.29) is 34.7 Å². The third-order valence-corrected chi connectivity index (χ3v) is 5.28. The summed E-state index contributed by atoms with van der Waals surface area (Å²) in [6.45, 7) is 12.6. The van der Waals surface area contributed by atoms with Crippen LogP contribution in [0, 0.1) is 12.8 Å². The van der Waals surface area contributed by atoms with E-state index in [1.807, 2.05) is 6.92 Å². The van der Waals surface area contributed by atoms with Gasteiger partial charge in [-0.15, -0.1) is 0 Å². The lowest BCUT2D eigenvalue weighted by atomic mass is 9.85. The van der Waals surface area contributed by atoms with E-state index in [1.165, 1.54) is 10.1 Å². The van der Waals surface area contributed by atoms with E-state index in [9.17, 15) is 9.59 Å². The van der Waals surface area contributed by atoms with Crippen molar-refractivity contribution < 1.29 is 4.79 Å². The minimum atomic E-state index is -0.137. The summed E-state index contributed by atoms with van der Waals surface area (Å²) in [6, 6.07) is 8.37. The summed E-state index contributed by atoms with van der Waals surface area (Å²) in [7, 11) is 0. The van der Waals surface area contributed by atoms with Crippen LogP contribution >= 0.6 is 11.3 Å². The molecule has 2 rings (SSSR count). The standard InChI is InChI=1S/C20H28N2O2S/c1-13(2)18(15-7-9-16(10-8-15)20(4,5)6)21-17(23)11-22-14(3)12-25-19(22)24/h7-10,12-13,18H,11H2,1-6H3,(H,21,23). The number of hydrogen-bond donors (Lipinski definition) is 1. The highest BCUT2D eigenvalue weighted by Gasteiger charge is 2.20. The largest absolute Gasteiger partial charge is 0.347 e. The second-order valence-electron chi connectivity index (χ2n) is 7.89. The molecule has 1 N–H and O–H groups in total. The Bertz CT molecular complexity index is 779. The highest BCUT2D eigenvalue weighted by Crippen LogP contribution is 2.26. The predicted molar refractivity (Wildman–Crippen MR) is 104 cm³/mol. The monoisotopic (exact) mass is 360 g/mol. The number of carbonyl (C=O) groups excluding carboxylic acids is 1. The van der Waals surface area contributed by atoms with Crippen LogP contribution in [0.2, 0.25) is 0 Å². The Morgan fingerprint density at radius 3 is 2.24 bits per heavy atom. The zero-order valence-electron chi connectivity index (χ0n) is 15.9. The van der Waals surface area contributed by atoms with Crippen LogP contribution in [0.15, 0.2) is 34.4 Å².